The maximum atomic E-state index is 13.2. The molecule has 0 spiro atoms. The zero-order valence-corrected chi connectivity index (χ0v) is 17.7. The predicted molar refractivity (Wildman–Crippen MR) is 117 cm³/mol. The van der Waals surface area contributed by atoms with Crippen LogP contribution in [-0.2, 0) is 0 Å². The number of hydrogen-bond acceptors (Lipinski definition) is 7. The first-order valence-corrected chi connectivity index (χ1v) is 10.2. The summed E-state index contributed by atoms with van der Waals surface area (Å²) in [6.07, 6.45) is 3.57. The third-order valence-electron chi connectivity index (χ3n) is 5.37. The lowest BCUT2D eigenvalue weighted by Crippen LogP contribution is -2.43. The third kappa shape index (κ3) is 3.44. The van der Waals surface area contributed by atoms with Crippen LogP contribution >= 0.6 is 0 Å². The highest BCUT2D eigenvalue weighted by atomic mass is 16.5. The van der Waals surface area contributed by atoms with Gasteiger partial charge < -0.3 is 20.3 Å². The van der Waals surface area contributed by atoms with E-state index in [0.717, 1.165) is 48.8 Å². The van der Waals surface area contributed by atoms with Crippen LogP contribution in [0.4, 0.5) is 11.5 Å². The molecule has 0 unspecified atom stereocenters. The van der Waals surface area contributed by atoms with Crippen LogP contribution in [0.15, 0.2) is 30.6 Å². The smallest absolute Gasteiger partial charge is 0.275 e. The Kier molecular flexibility index (Phi) is 4.70. The standard InChI is InChI=1S/C21H24N8O2/c1-13-10-17-15(27-8-6-22-7-9-27)4-5-16(29(17)26-13)20(30)24-18-12-28-11-14(2)23-19(28)21(25-18)31-3/h4-5,10-12,22H,6-9H2,1-3H3,(H,24,30). The van der Waals surface area contributed by atoms with Gasteiger partial charge in [-0.05, 0) is 32.0 Å². The summed E-state index contributed by atoms with van der Waals surface area (Å²) in [6, 6.07) is 5.81. The second-order valence-corrected chi connectivity index (χ2v) is 7.63. The average molecular weight is 420 g/mol. The normalized spacial score (nSPS) is 14.4. The Hall–Kier alpha value is -3.66. The highest BCUT2D eigenvalue weighted by Crippen LogP contribution is 2.25. The van der Waals surface area contributed by atoms with Gasteiger partial charge in [-0.25, -0.2) is 9.50 Å². The molecule has 0 aliphatic carbocycles. The van der Waals surface area contributed by atoms with Gasteiger partial charge in [0.05, 0.1) is 35.9 Å². The Morgan fingerprint density at radius 3 is 2.71 bits per heavy atom. The number of amides is 1. The fourth-order valence-electron chi connectivity index (χ4n) is 3.99. The van der Waals surface area contributed by atoms with Gasteiger partial charge in [-0.15, -0.1) is 0 Å². The zero-order chi connectivity index (χ0) is 21.5. The summed E-state index contributed by atoms with van der Waals surface area (Å²) in [6.45, 7) is 7.52. The number of fused-ring (bicyclic) bond motifs is 2. The van der Waals surface area contributed by atoms with Gasteiger partial charge in [0, 0.05) is 32.4 Å². The molecule has 5 heterocycles. The summed E-state index contributed by atoms with van der Waals surface area (Å²) in [4.78, 5) is 24.3. The van der Waals surface area contributed by atoms with Gasteiger partial charge in [-0.2, -0.15) is 10.1 Å². The largest absolute Gasteiger partial charge is 0.478 e. The van der Waals surface area contributed by atoms with Crippen LogP contribution in [-0.4, -0.2) is 63.2 Å². The highest BCUT2D eigenvalue weighted by Gasteiger charge is 2.20. The third-order valence-corrected chi connectivity index (χ3v) is 5.37. The van der Waals surface area contributed by atoms with Crippen LogP contribution < -0.4 is 20.3 Å². The number of carbonyl (C=O) groups is 1. The van der Waals surface area contributed by atoms with Crippen molar-refractivity contribution in [3.05, 3.63) is 47.7 Å². The second-order valence-electron chi connectivity index (χ2n) is 7.63. The van der Waals surface area contributed by atoms with E-state index in [1.54, 1.807) is 15.1 Å². The van der Waals surface area contributed by atoms with Crippen molar-refractivity contribution in [1.82, 2.24) is 29.3 Å². The van der Waals surface area contributed by atoms with Crippen molar-refractivity contribution in [2.24, 2.45) is 0 Å². The minimum Gasteiger partial charge on any atom is -0.478 e. The molecule has 31 heavy (non-hydrogen) atoms. The fraction of sp³-hybridized carbons (Fsp3) is 0.333. The van der Waals surface area contributed by atoms with E-state index in [1.807, 2.05) is 38.2 Å². The molecule has 1 aliphatic heterocycles. The van der Waals surface area contributed by atoms with Crippen LogP contribution in [0, 0.1) is 13.8 Å². The van der Waals surface area contributed by atoms with E-state index in [1.165, 1.54) is 7.11 Å². The Morgan fingerprint density at radius 2 is 1.94 bits per heavy atom. The molecular weight excluding hydrogens is 396 g/mol. The number of aromatic nitrogens is 5. The molecule has 0 aromatic carbocycles. The first-order chi connectivity index (χ1) is 15.0. The number of ether oxygens (including phenoxy) is 1. The van der Waals surface area contributed by atoms with E-state index in [-0.39, 0.29) is 5.91 Å². The van der Waals surface area contributed by atoms with Crippen LogP contribution in [0.5, 0.6) is 5.88 Å². The lowest BCUT2D eigenvalue weighted by atomic mass is 10.2. The van der Waals surface area contributed by atoms with Crippen molar-refractivity contribution >= 4 is 28.6 Å². The van der Waals surface area contributed by atoms with Crippen LogP contribution in [0.25, 0.3) is 11.2 Å². The van der Waals surface area contributed by atoms with Crippen LogP contribution in [0.3, 0.4) is 0 Å². The Morgan fingerprint density at radius 1 is 1.13 bits per heavy atom. The molecule has 1 saturated heterocycles. The molecule has 5 rings (SSSR count). The van der Waals surface area contributed by atoms with Crippen LogP contribution in [0.1, 0.15) is 21.9 Å². The number of piperazine rings is 1. The maximum absolute atomic E-state index is 13.2. The first-order valence-electron chi connectivity index (χ1n) is 10.2. The Bertz CT molecular complexity index is 1290. The zero-order valence-electron chi connectivity index (χ0n) is 17.7. The summed E-state index contributed by atoms with van der Waals surface area (Å²) in [5.74, 6) is 0.417. The van der Waals surface area contributed by atoms with Crippen molar-refractivity contribution in [1.29, 1.82) is 0 Å². The number of rotatable bonds is 4. The molecule has 0 atom stereocenters. The second kappa shape index (κ2) is 7.55. The first kappa shape index (κ1) is 19.3. The molecule has 10 heteroatoms. The number of anilines is 2. The molecule has 160 valence electrons. The average Bonchev–Trinajstić information content (AvgIpc) is 3.34. The molecule has 0 bridgehead atoms. The molecule has 1 aliphatic rings. The van der Waals surface area contributed by atoms with Gasteiger partial charge in [0.25, 0.3) is 11.8 Å². The molecule has 2 N–H and O–H groups in total. The summed E-state index contributed by atoms with van der Waals surface area (Å²) in [5.41, 5.74) is 4.72. The molecule has 1 amide bonds. The minimum absolute atomic E-state index is 0.300. The Balaban J connectivity index is 1.51. The summed E-state index contributed by atoms with van der Waals surface area (Å²) < 4.78 is 8.85. The van der Waals surface area contributed by atoms with E-state index in [2.05, 4.69) is 30.6 Å². The highest BCUT2D eigenvalue weighted by molar-refractivity contribution is 6.03. The SMILES string of the molecule is COc1nc(NC(=O)c2ccc(N3CCNCC3)c3cc(C)nn23)cn2cc(C)nc12. The van der Waals surface area contributed by atoms with Crippen molar-refractivity contribution in [2.45, 2.75) is 13.8 Å². The molecule has 0 saturated carbocycles. The van der Waals surface area contributed by atoms with Gasteiger partial charge >= 0.3 is 0 Å². The van der Waals surface area contributed by atoms with Crippen molar-refractivity contribution in [3.8, 4) is 5.88 Å². The number of nitrogens with one attached hydrogen (secondary N) is 2. The molecule has 4 aromatic rings. The number of carbonyl (C=O) groups excluding carboxylic acids is 1. The quantitative estimate of drug-likeness (QED) is 0.518. The number of aryl methyl sites for hydroxylation is 2. The molecule has 10 nitrogen and oxygen atoms in total. The van der Waals surface area contributed by atoms with Gasteiger partial charge in [0.15, 0.2) is 5.82 Å². The van der Waals surface area contributed by atoms with Gasteiger partial charge in [-0.1, -0.05) is 0 Å². The van der Waals surface area contributed by atoms with Gasteiger partial charge in [0.2, 0.25) is 5.65 Å². The van der Waals surface area contributed by atoms with Gasteiger partial charge in [-0.3, -0.25) is 9.20 Å². The van der Waals surface area contributed by atoms with E-state index >= 15 is 0 Å². The van der Waals surface area contributed by atoms with Crippen LogP contribution in [0.2, 0.25) is 0 Å². The summed E-state index contributed by atoms with van der Waals surface area (Å²) >= 11 is 0. The predicted octanol–water partition coefficient (Wildman–Crippen LogP) is 1.66. The van der Waals surface area contributed by atoms with Gasteiger partial charge in [0.1, 0.15) is 5.69 Å². The molecular formula is C21H24N8O2. The van der Waals surface area contributed by atoms with E-state index in [4.69, 9.17) is 4.74 Å². The van der Waals surface area contributed by atoms with Crippen molar-refractivity contribution in [3.63, 3.8) is 0 Å². The topological polar surface area (TPSA) is 101 Å². The number of nitrogens with zero attached hydrogens (tertiary/aromatic N) is 6. The van der Waals surface area contributed by atoms with Crippen molar-refractivity contribution < 1.29 is 9.53 Å². The van der Waals surface area contributed by atoms with E-state index in [0.29, 0.717) is 23.0 Å². The monoisotopic (exact) mass is 420 g/mol. The van der Waals surface area contributed by atoms with E-state index < -0.39 is 0 Å². The lowest BCUT2D eigenvalue weighted by Gasteiger charge is -2.30. The maximum Gasteiger partial charge on any atom is 0.275 e. The molecule has 4 aromatic heterocycles. The Labute approximate surface area is 178 Å². The fourth-order valence-corrected chi connectivity index (χ4v) is 3.99. The number of pyridine rings is 1. The molecule has 1 fully saturated rings. The van der Waals surface area contributed by atoms with E-state index in [9.17, 15) is 4.79 Å². The summed E-state index contributed by atoms with van der Waals surface area (Å²) in [7, 11) is 1.53. The molecule has 0 radical (unpaired) electrons. The van der Waals surface area contributed by atoms with Crippen molar-refractivity contribution in [2.75, 3.05) is 43.5 Å². The number of hydrogen-bond donors (Lipinski definition) is 2. The number of imidazole rings is 1. The summed E-state index contributed by atoms with van der Waals surface area (Å²) in [5, 5.41) is 10.8. The minimum atomic E-state index is -0.300. The number of methoxy groups -OCH3 is 1. The lowest BCUT2D eigenvalue weighted by molar-refractivity contribution is 0.101.